The fourth-order valence-electron chi connectivity index (χ4n) is 6.57. The number of carbonyl (C=O) groups is 1. The number of allylic oxidation sites excluding steroid dienone is 2. The van der Waals surface area contributed by atoms with Crippen molar-refractivity contribution in [2.75, 3.05) is 6.61 Å². The van der Waals surface area contributed by atoms with E-state index in [1.807, 2.05) is 0 Å². The lowest BCUT2D eigenvalue weighted by Gasteiger charge is -2.27. The van der Waals surface area contributed by atoms with Crippen LogP contribution in [-0.2, 0) is 4.79 Å². The maximum Gasteiger partial charge on any atom is 0.249 e. The van der Waals surface area contributed by atoms with Gasteiger partial charge in [0.05, 0.1) is 18.8 Å². The highest BCUT2D eigenvalue weighted by Gasteiger charge is 2.28. The van der Waals surface area contributed by atoms with Gasteiger partial charge in [-0.2, -0.15) is 0 Å². The van der Waals surface area contributed by atoms with Crippen LogP contribution in [0.3, 0.4) is 0 Å². The highest BCUT2D eigenvalue weighted by molar-refractivity contribution is 5.80. The van der Waals surface area contributed by atoms with E-state index in [4.69, 9.17) is 0 Å². The van der Waals surface area contributed by atoms with Crippen LogP contribution in [0.5, 0.6) is 0 Å². The molecule has 0 aliphatic carbocycles. The first-order valence-corrected chi connectivity index (χ1v) is 21.1. The summed E-state index contributed by atoms with van der Waals surface area (Å²) in [6.07, 6.45) is 39.5. The lowest BCUT2D eigenvalue weighted by atomic mass is 9.99. The maximum atomic E-state index is 12.5. The number of nitrogens with one attached hydrogen (secondary N) is 1. The molecule has 1 amide bonds. The summed E-state index contributed by atoms with van der Waals surface area (Å²) in [5.74, 6) is -0.583. The molecular formula is C42H83NO5. The van der Waals surface area contributed by atoms with E-state index in [0.717, 1.165) is 38.5 Å². The Morgan fingerprint density at radius 2 is 0.833 bits per heavy atom. The molecule has 6 nitrogen and oxygen atoms in total. The Hall–Kier alpha value is -0.950. The summed E-state index contributed by atoms with van der Waals surface area (Å²) in [4.78, 5) is 12.5. The smallest absolute Gasteiger partial charge is 0.249 e. The molecule has 0 saturated carbocycles. The predicted molar refractivity (Wildman–Crippen MR) is 205 cm³/mol. The van der Waals surface area contributed by atoms with Crippen LogP contribution in [-0.4, -0.2) is 57.3 Å². The second kappa shape index (κ2) is 37.3. The number of hydrogen-bond acceptors (Lipinski definition) is 5. The van der Waals surface area contributed by atoms with E-state index in [1.165, 1.54) is 154 Å². The third-order valence-electron chi connectivity index (χ3n) is 9.98. The van der Waals surface area contributed by atoms with Crippen LogP contribution in [0.25, 0.3) is 0 Å². The van der Waals surface area contributed by atoms with Gasteiger partial charge in [-0.05, 0) is 38.5 Å². The van der Waals surface area contributed by atoms with E-state index in [1.54, 1.807) is 0 Å². The Labute approximate surface area is 298 Å². The monoisotopic (exact) mass is 682 g/mol. The van der Waals surface area contributed by atoms with Crippen LogP contribution in [0.1, 0.15) is 219 Å². The Bertz CT molecular complexity index is 687. The van der Waals surface area contributed by atoms with Crippen molar-refractivity contribution in [2.45, 2.75) is 244 Å². The van der Waals surface area contributed by atoms with Crippen molar-refractivity contribution in [1.29, 1.82) is 0 Å². The normalized spacial score (nSPS) is 14.4. The van der Waals surface area contributed by atoms with E-state index < -0.39 is 36.9 Å². The van der Waals surface area contributed by atoms with Gasteiger partial charge < -0.3 is 25.7 Å². The zero-order chi connectivity index (χ0) is 35.3. The Morgan fingerprint density at radius 3 is 1.25 bits per heavy atom. The van der Waals surface area contributed by atoms with Gasteiger partial charge in [0.15, 0.2) is 0 Å². The quantitative estimate of drug-likeness (QED) is 0.0329. The first-order valence-electron chi connectivity index (χ1n) is 21.1. The molecule has 4 unspecified atom stereocenters. The van der Waals surface area contributed by atoms with Gasteiger partial charge in [0.2, 0.25) is 5.91 Å². The lowest BCUT2D eigenvalue weighted by molar-refractivity contribution is -0.132. The molecule has 0 rings (SSSR count). The summed E-state index contributed by atoms with van der Waals surface area (Å²) in [5, 5.41) is 43.6. The molecule has 48 heavy (non-hydrogen) atoms. The molecule has 286 valence electrons. The van der Waals surface area contributed by atoms with E-state index in [-0.39, 0.29) is 0 Å². The molecule has 0 radical (unpaired) electrons. The molecule has 0 saturated heterocycles. The number of unbranched alkanes of at least 4 members (excludes halogenated alkanes) is 27. The van der Waals surface area contributed by atoms with Gasteiger partial charge >= 0.3 is 0 Å². The van der Waals surface area contributed by atoms with Crippen molar-refractivity contribution in [3.8, 4) is 0 Å². The molecular weight excluding hydrogens is 598 g/mol. The van der Waals surface area contributed by atoms with E-state index in [9.17, 15) is 25.2 Å². The highest BCUT2D eigenvalue weighted by Crippen LogP contribution is 2.16. The third-order valence-corrected chi connectivity index (χ3v) is 9.98. The van der Waals surface area contributed by atoms with Crippen LogP contribution in [0.2, 0.25) is 0 Å². The summed E-state index contributed by atoms with van der Waals surface area (Å²) in [5.41, 5.74) is 0. The Kier molecular flexibility index (Phi) is 36.6. The minimum Gasteiger partial charge on any atom is -0.394 e. The van der Waals surface area contributed by atoms with Gasteiger partial charge in [0.25, 0.3) is 0 Å². The summed E-state index contributed by atoms with van der Waals surface area (Å²) in [7, 11) is 0. The standard InChI is InChI=1S/C42H83NO5/c1-3-5-7-9-11-13-15-17-18-19-20-21-22-23-24-26-27-29-31-33-35-39(45)41(47)38(37-44)43-42(48)40(46)36-34-32-30-28-25-16-14-12-10-8-6-4-2/h11,13,38-41,44-47H,3-10,12,14-37H2,1-2H3,(H,43,48). The van der Waals surface area contributed by atoms with E-state index in [2.05, 4.69) is 31.3 Å². The summed E-state index contributed by atoms with van der Waals surface area (Å²) in [6, 6.07) is -0.980. The molecule has 0 heterocycles. The average molecular weight is 682 g/mol. The van der Waals surface area contributed by atoms with Gasteiger partial charge in [0, 0.05) is 0 Å². The molecule has 6 heteroatoms. The zero-order valence-electron chi connectivity index (χ0n) is 32.0. The molecule has 0 aromatic carbocycles. The lowest BCUT2D eigenvalue weighted by Crippen LogP contribution is -2.53. The number of rotatable bonds is 38. The molecule has 0 aromatic rings. The third kappa shape index (κ3) is 31.1. The van der Waals surface area contributed by atoms with Crippen LogP contribution >= 0.6 is 0 Å². The predicted octanol–water partition coefficient (Wildman–Crippen LogP) is 10.6. The largest absolute Gasteiger partial charge is 0.394 e. The Morgan fingerprint density at radius 1 is 0.500 bits per heavy atom. The minimum atomic E-state index is -1.25. The topological polar surface area (TPSA) is 110 Å². The average Bonchev–Trinajstić information content (AvgIpc) is 3.09. The molecule has 0 spiro atoms. The molecule has 5 N–H and O–H groups in total. The van der Waals surface area contributed by atoms with Gasteiger partial charge in [0.1, 0.15) is 12.2 Å². The van der Waals surface area contributed by atoms with Gasteiger partial charge in [-0.25, -0.2) is 0 Å². The SMILES string of the molecule is CCCCCC=CCCCCCCCCCCCCCCCC(O)C(O)C(CO)NC(=O)C(O)CCCCCCCCCCCCCC. The first-order chi connectivity index (χ1) is 23.5. The second-order valence-corrected chi connectivity index (χ2v) is 14.7. The summed E-state index contributed by atoms with van der Waals surface area (Å²) < 4.78 is 0. The van der Waals surface area contributed by atoms with Crippen LogP contribution in [0, 0.1) is 0 Å². The first kappa shape index (κ1) is 47.0. The van der Waals surface area contributed by atoms with E-state index in [0.29, 0.717) is 12.8 Å². The number of amides is 1. The highest BCUT2D eigenvalue weighted by atomic mass is 16.3. The number of aliphatic hydroxyl groups is 4. The van der Waals surface area contributed by atoms with Crippen molar-refractivity contribution < 1.29 is 25.2 Å². The molecule has 4 atom stereocenters. The Balaban J connectivity index is 3.71. The van der Waals surface area contributed by atoms with Crippen molar-refractivity contribution in [3.05, 3.63) is 12.2 Å². The molecule has 0 aromatic heterocycles. The van der Waals surface area contributed by atoms with Gasteiger partial charge in [-0.1, -0.05) is 193 Å². The molecule has 0 fully saturated rings. The van der Waals surface area contributed by atoms with Crippen LogP contribution < -0.4 is 5.32 Å². The van der Waals surface area contributed by atoms with Crippen molar-refractivity contribution in [2.24, 2.45) is 0 Å². The fraction of sp³-hybridized carbons (Fsp3) is 0.929. The molecule has 0 aliphatic heterocycles. The zero-order valence-corrected chi connectivity index (χ0v) is 32.0. The maximum absolute atomic E-state index is 12.5. The van der Waals surface area contributed by atoms with Crippen molar-refractivity contribution >= 4 is 5.91 Å². The second-order valence-electron chi connectivity index (χ2n) is 14.7. The van der Waals surface area contributed by atoms with Crippen LogP contribution in [0.4, 0.5) is 0 Å². The number of hydrogen-bond donors (Lipinski definition) is 5. The number of aliphatic hydroxyl groups excluding tert-OH is 4. The van der Waals surface area contributed by atoms with E-state index >= 15 is 0 Å². The van der Waals surface area contributed by atoms with Gasteiger partial charge in [-0.3, -0.25) is 4.79 Å². The van der Waals surface area contributed by atoms with Crippen LogP contribution in [0.15, 0.2) is 12.2 Å². The van der Waals surface area contributed by atoms with Crippen molar-refractivity contribution in [1.82, 2.24) is 5.32 Å². The summed E-state index contributed by atoms with van der Waals surface area (Å²) >= 11 is 0. The number of carbonyl (C=O) groups excluding carboxylic acids is 1. The molecule has 0 aliphatic rings. The molecule has 0 bridgehead atoms. The fourth-order valence-corrected chi connectivity index (χ4v) is 6.57. The van der Waals surface area contributed by atoms with Gasteiger partial charge in [-0.15, -0.1) is 0 Å². The minimum absolute atomic E-state index is 0.373. The van der Waals surface area contributed by atoms with Crippen molar-refractivity contribution in [3.63, 3.8) is 0 Å². The summed E-state index contributed by atoms with van der Waals surface area (Å²) in [6.45, 7) is 4.02.